The molecule has 0 radical (unpaired) electrons. The Labute approximate surface area is 231 Å². The van der Waals surface area contributed by atoms with Crippen LogP contribution in [0.5, 0.6) is 0 Å². The molecule has 0 amide bonds. The van der Waals surface area contributed by atoms with E-state index in [0.717, 1.165) is 38.0 Å². The van der Waals surface area contributed by atoms with Crippen LogP contribution in [0.2, 0.25) is 0 Å². The van der Waals surface area contributed by atoms with Crippen LogP contribution in [0, 0.1) is 46.3 Å². The van der Waals surface area contributed by atoms with Crippen LogP contribution < -0.4 is 0 Å². The molecule has 4 aliphatic rings. The smallest absolute Gasteiger partial charge is 0.181 e. The summed E-state index contributed by atoms with van der Waals surface area (Å²) in [5.74, 6) is 2.99. The average molecular weight is 543 g/mol. The maximum atomic E-state index is 14.1. The SMILES string of the molecule is CC(C(CC(O)C(C)(C)C)S(=O)(=O)c1ccccc1)[C@H]1CCC2C3CC=C4CC(O)CCC4C3CCC21C. The van der Waals surface area contributed by atoms with Crippen LogP contribution in [0.3, 0.4) is 0 Å². The van der Waals surface area contributed by atoms with E-state index in [9.17, 15) is 18.6 Å². The lowest BCUT2D eigenvalue weighted by Gasteiger charge is -2.54. The van der Waals surface area contributed by atoms with E-state index in [0.29, 0.717) is 28.6 Å². The lowest BCUT2D eigenvalue weighted by atomic mass is 9.51. The van der Waals surface area contributed by atoms with Crippen LogP contribution in [0.1, 0.15) is 92.4 Å². The molecule has 10 atom stereocenters. The molecule has 5 rings (SSSR count). The second kappa shape index (κ2) is 10.3. The van der Waals surface area contributed by atoms with Crippen molar-refractivity contribution in [2.24, 2.45) is 46.3 Å². The van der Waals surface area contributed by atoms with Gasteiger partial charge in [0.15, 0.2) is 9.84 Å². The lowest BCUT2D eigenvalue weighted by molar-refractivity contribution is -0.0312. The Balaban J connectivity index is 1.43. The molecule has 0 aliphatic heterocycles. The summed E-state index contributed by atoms with van der Waals surface area (Å²) in [4.78, 5) is 0.380. The van der Waals surface area contributed by atoms with Gasteiger partial charge < -0.3 is 10.2 Å². The van der Waals surface area contributed by atoms with Gasteiger partial charge in [-0.25, -0.2) is 8.42 Å². The number of sulfone groups is 1. The fourth-order valence-electron chi connectivity index (χ4n) is 9.40. The number of rotatable bonds is 6. The van der Waals surface area contributed by atoms with Crippen LogP contribution in [-0.2, 0) is 9.84 Å². The Morgan fingerprint density at radius 3 is 2.42 bits per heavy atom. The number of allylic oxidation sites excluding steroid dienone is 1. The van der Waals surface area contributed by atoms with Crippen LogP contribution in [-0.4, -0.2) is 36.1 Å². The van der Waals surface area contributed by atoms with E-state index in [1.807, 2.05) is 26.8 Å². The molecule has 1 aromatic carbocycles. The second-order valence-corrected chi connectivity index (χ2v) is 16.8. The first-order chi connectivity index (χ1) is 17.8. The van der Waals surface area contributed by atoms with E-state index in [4.69, 9.17) is 0 Å². The number of aliphatic hydroxyl groups is 2. The normalized spacial score (nSPS) is 37.8. The molecule has 5 heteroatoms. The molecule has 38 heavy (non-hydrogen) atoms. The summed E-state index contributed by atoms with van der Waals surface area (Å²) < 4.78 is 28.3. The number of hydrogen-bond donors (Lipinski definition) is 2. The van der Waals surface area contributed by atoms with E-state index in [2.05, 4.69) is 19.9 Å². The molecule has 0 aromatic heterocycles. The van der Waals surface area contributed by atoms with E-state index in [-0.39, 0.29) is 29.3 Å². The predicted octanol–water partition coefficient (Wildman–Crippen LogP) is 6.81. The summed E-state index contributed by atoms with van der Waals surface area (Å²) in [7, 11) is -3.60. The zero-order valence-electron chi connectivity index (χ0n) is 24.1. The van der Waals surface area contributed by atoms with Crippen molar-refractivity contribution in [3.63, 3.8) is 0 Å². The van der Waals surface area contributed by atoms with Crippen molar-refractivity contribution in [1.82, 2.24) is 0 Å². The standard InChI is InChI=1S/C33H50O4S/c1-21(30(20-31(35)32(2,3)4)38(36,37)24-9-7-6-8-10-24)28-15-16-29-27-13-11-22-19-23(34)12-14-25(22)26(27)17-18-33(28,29)5/h6-11,21,23,25-31,34-35H,12-20H2,1-5H3/t21?,23?,25?,26?,27?,28-,29?,30?,31?,33?/m1/s1. The Hall–Kier alpha value is -1.17. The highest BCUT2D eigenvalue weighted by Gasteiger charge is 2.58. The lowest BCUT2D eigenvalue weighted by Crippen LogP contribution is -2.49. The maximum absolute atomic E-state index is 14.1. The molecule has 4 aliphatic carbocycles. The molecule has 2 N–H and O–H groups in total. The summed E-state index contributed by atoms with van der Waals surface area (Å²) in [6, 6.07) is 8.90. The number of fused-ring (bicyclic) bond motifs is 5. The largest absolute Gasteiger partial charge is 0.393 e. The van der Waals surface area contributed by atoms with Gasteiger partial charge in [0.1, 0.15) is 0 Å². The quantitative estimate of drug-likeness (QED) is 0.387. The number of hydrogen-bond acceptors (Lipinski definition) is 4. The highest BCUT2D eigenvalue weighted by atomic mass is 32.2. The van der Waals surface area contributed by atoms with Crippen LogP contribution >= 0.6 is 0 Å². The topological polar surface area (TPSA) is 74.6 Å². The van der Waals surface area contributed by atoms with Gasteiger partial charge in [-0.1, -0.05) is 64.5 Å². The first kappa shape index (κ1) is 28.4. The summed E-state index contributed by atoms with van der Waals surface area (Å²) >= 11 is 0. The van der Waals surface area contributed by atoms with Gasteiger partial charge in [0.05, 0.1) is 22.4 Å². The number of benzene rings is 1. The molecule has 0 bridgehead atoms. The Morgan fingerprint density at radius 2 is 1.74 bits per heavy atom. The maximum Gasteiger partial charge on any atom is 0.181 e. The molecule has 0 spiro atoms. The van der Waals surface area contributed by atoms with E-state index in [1.54, 1.807) is 24.3 Å². The third-order valence-electron chi connectivity index (χ3n) is 11.6. The molecule has 3 fully saturated rings. The molecule has 0 saturated heterocycles. The zero-order chi connectivity index (χ0) is 27.5. The molecule has 9 unspecified atom stereocenters. The molecule has 0 heterocycles. The predicted molar refractivity (Wildman–Crippen MR) is 153 cm³/mol. The number of aliphatic hydroxyl groups excluding tert-OH is 2. The van der Waals surface area contributed by atoms with Gasteiger partial charge in [0.2, 0.25) is 0 Å². The summed E-state index contributed by atoms with van der Waals surface area (Å²) in [6.07, 6.45) is 10.6. The molecule has 1 aromatic rings. The molecular formula is C33H50O4S. The Bertz CT molecular complexity index is 1120. The minimum Gasteiger partial charge on any atom is -0.393 e. The first-order valence-electron chi connectivity index (χ1n) is 15.2. The molecule has 212 valence electrons. The van der Waals surface area contributed by atoms with Gasteiger partial charge in [-0.3, -0.25) is 0 Å². The average Bonchev–Trinajstić information content (AvgIpc) is 3.23. The summed E-state index contributed by atoms with van der Waals surface area (Å²) in [5, 5.41) is 20.8. The summed E-state index contributed by atoms with van der Waals surface area (Å²) in [5.41, 5.74) is 1.28. The van der Waals surface area contributed by atoms with Crippen molar-refractivity contribution < 1.29 is 18.6 Å². The van der Waals surface area contributed by atoms with Crippen LogP contribution in [0.25, 0.3) is 0 Å². The fourth-order valence-corrected chi connectivity index (χ4v) is 11.5. The van der Waals surface area contributed by atoms with Crippen molar-refractivity contribution in [2.75, 3.05) is 0 Å². The van der Waals surface area contributed by atoms with E-state index in [1.165, 1.54) is 24.8 Å². The van der Waals surface area contributed by atoms with Crippen molar-refractivity contribution in [3.8, 4) is 0 Å². The highest BCUT2D eigenvalue weighted by molar-refractivity contribution is 7.92. The van der Waals surface area contributed by atoms with Gasteiger partial charge in [-0.05, 0) is 116 Å². The van der Waals surface area contributed by atoms with Gasteiger partial charge in [-0.2, -0.15) is 0 Å². The monoisotopic (exact) mass is 542 g/mol. The zero-order valence-corrected chi connectivity index (χ0v) is 25.0. The van der Waals surface area contributed by atoms with Crippen molar-refractivity contribution in [3.05, 3.63) is 42.0 Å². The van der Waals surface area contributed by atoms with Gasteiger partial charge in [0.25, 0.3) is 0 Å². The fraction of sp³-hybridized carbons (Fsp3) is 0.758. The molecular weight excluding hydrogens is 492 g/mol. The van der Waals surface area contributed by atoms with Crippen molar-refractivity contribution in [2.45, 2.75) is 115 Å². The van der Waals surface area contributed by atoms with Gasteiger partial charge >= 0.3 is 0 Å². The molecule has 3 saturated carbocycles. The summed E-state index contributed by atoms with van der Waals surface area (Å²) in [6.45, 7) is 10.6. The first-order valence-corrected chi connectivity index (χ1v) is 16.7. The van der Waals surface area contributed by atoms with Crippen molar-refractivity contribution in [1.29, 1.82) is 0 Å². The van der Waals surface area contributed by atoms with E-state index < -0.39 is 21.2 Å². The second-order valence-electron chi connectivity index (χ2n) is 14.6. The van der Waals surface area contributed by atoms with Crippen LogP contribution in [0.4, 0.5) is 0 Å². The Morgan fingerprint density at radius 1 is 1.03 bits per heavy atom. The third-order valence-corrected chi connectivity index (χ3v) is 14.0. The minimum atomic E-state index is -3.60. The van der Waals surface area contributed by atoms with Crippen LogP contribution in [0.15, 0.2) is 46.9 Å². The highest BCUT2D eigenvalue weighted by Crippen LogP contribution is 2.65. The van der Waals surface area contributed by atoms with Gasteiger partial charge in [-0.15, -0.1) is 0 Å². The molecule has 4 nitrogen and oxygen atoms in total. The van der Waals surface area contributed by atoms with Crippen molar-refractivity contribution >= 4 is 9.84 Å². The Kier molecular flexibility index (Phi) is 7.72. The van der Waals surface area contributed by atoms with E-state index >= 15 is 0 Å². The van der Waals surface area contributed by atoms with Gasteiger partial charge in [0, 0.05) is 0 Å². The minimum absolute atomic E-state index is 0.0247. The third kappa shape index (κ3) is 4.94.